The van der Waals surface area contributed by atoms with Gasteiger partial charge in [-0.2, -0.15) is 0 Å². The first-order valence-electron chi connectivity index (χ1n) is 3.60. The van der Waals surface area contributed by atoms with Crippen LogP contribution in [-0.4, -0.2) is 16.2 Å². The minimum atomic E-state index is -2.34. The lowest BCUT2D eigenvalue weighted by atomic mass is 10.1. The summed E-state index contributed by atoms with van der Waals surface area (Å²) in [7, 11) is 0. The molecular formula is C8H4ClF3O3. The van der Waals surface area contributed by atoms with Gasteiger partial charge in [-0.3, -0.25) is 0 Å². The van der Waals surface area contributed by atoms with E-state index < -0.39 is 40.1 Å². The van der Waals surface area contributed by atoms with Crippen molar-refractivity contribution in [3.8, 4) is 0 Å². The third kappa shape index (κ3) is 2.05. The zero-order chi connectivity index (χ0) is 11.7. The second-order valence-electron chi connectivity index (χ2n) is 2.63. The number of carbonyl (C=O) groups is 1. The summed E-state index contributed by atoms with van der Waals surface area (Å²) in [5, 5.41) is 16.1. The molecule has 1 unspecified atom stereocenters. The highest BCUT2D eigenvalue weighted by Gasteiger charge is 2.25. The molecule has 0 amide bonds. The highest BCUT2D eigenvalue weighted by Crippen LogP contribution is 2.27. The molecule has 0 aliphatic carbocycles. The van der Waals surface area contributed by atoms with Gasteiger partial charge in [-0.25, -0.2) is 18.0 Å². The Morgan fingerprint density at radius 3 is 2.33 bits per heavy atom. The van der Waals surface area contributed by atoms with Crippen LogP contribution in [-0.2, 0) is 4.79 Å². The molecule has 0 fully saturated rings. The van der Waals surface area contributed by atoms with Gasteiger partial charge in [0.2, 0.25) is 0 Å². The minimum absolute atomic E-state index is 0.333. The van der Waals surface area contributed by atoms with Gasteiger partial charge in [0.15, 0.2) is 17.7 Å². The summed E-state index contributed by atoms with van der Waals surface area (Å²) in [4.78, 5) is 10.3. The van der Waals surface area contributed by atoms with E-state index in [0.29, 0.717) is 6.07 Å². The van der Waals surface area contributed by atoms with E-state index in [2.05, 4.69) is 0 Å². The largest absolute Gasteiger partial charge is 0.479 e. The number of rotatable bonds is 2. The molecule has 2 N–H and O–H groups in total. The molecule has 0 spiro atoms. The van der Waals surface area contributed by atoms with E-state index in [0.717, 1.165) is 0 Å². The van der Waals surface area contributed by atoms with Crippen molar-refractivity contribution >= 4 is 17.6 Å². The fourth-order valence-electron chi connectivity index (χ4n) is 0.923. The van der Waals surface area contributed by atoms with Gasteiger partial charge in [0.05, 0.1) is 0 Å². The second kappa shape index (κ2) is 4.08. The molecule has 82 valence electrons. The third-order valence-electron chi connectivity index (χ3n) is 1.66. The van der Waals surface area contributed by atoms with E-state index >= 15 is 0 Å². The molecule has 0 saturated carbocycles. The molecule has 0 saturated heterocycles. The first-order chi connectivity index (χ1) is 6.86. The van der Waals surface area contributed by atoms with Crippen molar-refractivity contribution in [1.82, 2.24) is 0 Å². The van der Waals surface area contributed by atoms with Crippen LogP contribution < -0.4 is 0 Å². The van der Waals surface area contributed by atoms with E-state index in [9.17, 15) is 18.0 Å². The standard InChI is InChI=1S/C8H4ClF3O3/c9-4-3(10)1-2(5(11)6(4)12)7(13)8(14)15/h1,7,13H,(H,14,15). The zero-order valence-electron chi connectivity index (χ0n) is 6.97. The second-order valence-corrected chi connectivity index (χ2v) is 3.01. The van der Waals surface area contributed by atoms with Gasteiger partial charge < -0.3 is 10.2 Å². The molecule has 1 rings (SSSR count). The molecule has 0 aliphatic rings. The van der Waals surface area contributed by atoms with Gasteiger partial charge in [-0.15, -0.1) is 0 Å². The summed E-state index contributed by atoms with van der Waals surface area (Å²) in [6.07, 6.45) is -2.34. The van der Waals surface area contributed by atoms with E-state index in [1.807, 2.05) is 0 Å². The van der Waals surface area contributed by atoms with Crippen LogP contribution in [0.5, 0.6) is 0 Å². The van der Waals surface area contributed by atoms with E-state index in [-0.39, 0.29) is 0 Å². The normalized spacial score (nSPS) is 12.6. The Labute approximate surface area is 86.7 Å². The fraction of sp³-hybridized carbons (Fsp3) is 0.125. The Morgan fingerprint density at radius 1 is 1.33 bits per heavy atom. The van der Waals surface area contributed by atoms with Gasteiger partial charge in [0.1, 0.15) is 10.8 Å². The topological polar surface area (TPSA) is 57.5 Å². The smallest absolute Gasteiger partial charge is 0.337 e. The molecule has 0 bridgehead atoms. The predicted molar refractivity (Wildman–Crippen MR) is 43.9 cm³/mol. The molecule has 15 heavy (non-hydrogen) atoms. The number of aliphatic hydroxyl groups is 1. The van der Waals surface area contributed by atoms with Crippen LogP contribution >= 0.6 is 11.6 Å². The number of hydrogen-bond acceptors (Lipinski definition) is 2. The highest BCUT2D eigenvalue weighted by atomic mass is 35.5. The highest BCUT2D eigenvalue weighted by molar-refractivity contribution is 6.30. The lowest BCUT2D eigenvalue weighted by Crippen LogP contribution is -2.13. The summed E-state index contributed by atoms with van der Waals surface area (Å²) >= 11 is 5.02. The molecule has 1 aromatic rings. The average molecular weight is 241 g/mol. The Morgan fingerprint density at radius 2 is 1.87 bits per heavy atom. The quantitative estimate of drug-likeness (QED) is 0.613. The molecular weight excluding hydrogens is 237 g/mol. The van der Waals surface area contributed by atoms with E-state index in [1.54, 1.807) is 0 Å². The predicted octanol–water partition coefficient (Wildman–Crippen LogP) is 1.88. The van der Waals surface area contributed by atoms with E-state index in [4.69, 9.17) is 21.8 Å². The molecule has 0 radical (unpaired) electrons. The summed E-state index contributed by atoms with van der Waals surface area (Å²) in [5.74, 6) is -6.58. The Bertz CT molecular complexity index is 422. The van der Waals surface area contributed by atoms with Crippen molar-refractivity contribution in [1.29, 1.82) is 0 Å². The van der Waals surface area contributed by atoms with Crippen molar-refractivity contribution in [2.75, 3.05) is 0 Å². The summed E-state index contributed by atoms with van der Waals surface area (Å²) in [6, 6.07) is 0.333. The number of aliphatic carboxylic acids is 1. The molecule has 0 aromatic heterocycles. The van der Waals surface area contributed by atoms with Gasteiger partial charge in [0.25, 0.3) is 0 Å². The maximum Gasteiger partial charge on any atom is 0.337 e. The van der Waals surface area contributed by atoms with Gasteiger partial charge in [0, 0.05) is 5.56 Å². The number of hydrogen-bond donors (Lipinski definition) is 2. The fourth-order valence-corrected chi connectivity index (χ4v) is 1.06. The van der Waals surface area contributed by atoms with Crippen molar-refractivity contribution in [3.05, 3.63) is 34.1 Å². The van der Waals surface area contributed by atoms with Gasteiger partial charge >= 0.3 is 5.97 Å². The first kappa shape index (κ1) is 11.8. The Balaban J connectivity index is 3.38. The maximum atomic E-state index is 13.0. The number of aliphatic hydroxyl groups excluding tert-OH is 1. The van der Waals surface area contributed by atoms with Crippen molar-refractivity contribution in [3.63, 3.8) is 0 Å². The lowest BCUT2D eigenvalue weighted by molar-refractivity contribution is -0.147. The summed E-state index contributed by atoms with van der Waals surface area (Å²) < 4.78 is 38.6. The summed E-state index contributed by atoms with van der Waals surface area (Å²) in [5.41, 5.74) is -1.01. The summed E-state index contributed by atoms with van der Waals surface area (Å²) in [6.45, 7) is 0. The number of carboxylic acids is 1. The van der Waals surface area contributed by atoms with Crippen LogP contribution in [0.15, 0.2) is 6.07 Å². The van der Waals surface area contributed by atoms with Gasteiger partial charge in [-0.1, -0.05) is 11.6 Å². The van der Waals surface area contributed by atoms with Gasteiger partial charge in [-0.05, 0) is 6.07 Å². The number of benzene rings is 1. The average Bonchev–Trinajstić information content (AvgIpc) is 2.19. The Hall–Kier alpha value is -1.27. The van der Waals surface area contributed by atoms with E-state index in [1.165, 1.54) is 0 Å². The Kier molecular flexibility index (Phi) is 3.21. The van der Waals surface area contributed by atoms with Crippen LogP contribution in [0.2, 0.25) is 5.02 Å². The van der Waals surface area contributed by atoms with Crippen LogP contribution in [0.25, 0.3) is 0 Å². The van der Waals surface area contributed by atoms with Crippen LogP contribution in [0.1, 0.15) is 11.7 Å². The van der Waals surface area contributed by atoms with Crippen molar-refractivity contribution in [2.24, 2.45) is 0 Å². The molecule has 3 nitrogen and oxygen atoms in total. The molecule has 1 atom stereocenters. The first-order valence-corrected chi connectivity index (χ1v) is 3.97. The molecule has 1 aromatic carbocycles. The third-order valence-corrected chi connectivity index (χ3v) is 2.01. The van der Waals surface area contributed by atoms with Crippen molar-refractivity contribution in [2.45, 2.75) is 6.10 Å². The SMILES string of the molecule is O=C(O)C(O)c1cc(F)c(Cl)c(F)c1F. The van der Waals surface area contributed by atoms with Crippen LogP contribution in [0.3, 0.4) is 0 Å². The maximum absolute atomic E-state index is 13.0. The zero-order valence-corrected chi connectivity index (χ0v) is 7.73. The molecule has 0 aliphatic heterocycles. The molecule has 0 heterocycles. The molecule has 7 heteroatoms. The van der Waals surface area contributed by atoms with Crippen LogP contribution in [0, 0.1) is 17.5 Å². The lowest BCUT2D eigenvalue weighted by Gasteiger charge is -2.08. The monoisotopic (exact) mass is 240 g/mol. The minimum Gasteiger partial charge on any atom is -0.479 e. The number of carboxylic acid groups (broad SMARTS) is 1. The van der Waals surface area contributed by atoms with Crippen molar-refractivity contribution < 1.29 is 28.2 Å². The number of halogens is 4. The van der Waals surface area contributed by atoms with Crippen LogP contribution in [0.4, 0.5) is 13.2 Å².